The van der Waals surface area contributed by atoms with Crippen LogP contribution >= 0.6 is 0 Å². The molecule has 1 aromatic heterocycles. The van der Waals surface area contributed by atoms with Crippen molar-refractivity contribution in [1.82, 2.24) is 9.78 Å². The second kappa shape index (κ2) is 4.18. The highest BCUT2D eigenvalue weighted by Crippen LogP contribution is 2.32. The molecule has 3 aromatic rings. The van der Waals surface area contributed by atoms with Gasteiger partial charge in [-0.25, -0.2) is 0 Å². The summed E-state index contributed by atoms with van der Waals surface area (Å²) in [4.78, 5) is 0. The van der Waals surface area contributed by atoms with E-state index in [1.165, 1.54) is 5.56 Å². The van der Waals surface area contributed by atoms with Crippen molar-refractivity contribution in [1.29, 1.82) is 0 Å². The van der Waals surface area contributed by atoms with Crippen molar-refractivity contribution < 1.29 is 4.74 Å². The minimum absolute atomic E-state index is 0.852. The van der Waals surface area contributed by atoms with E-state index in [4.69, 9.17) is 4.74 Å². The number of benzene rings is 2. The highest BCUT2D eigenvalue weighted by molar-refractivity contribution is 5.95. The van der Waals surface area contributed by atoms with Gasteiger partial charge in [-0.3, -0.25) is 4.68 Å². The third-order valence-corrected chi connectivity index (χ3v) is 3.16. The number of nitrogens with zero attached hydrogens (tertiary/aromatic N) is 2. The van der Waals surface area contributed by atoms with E-state index in [0.29, 0.717) is 0 Å². The molecule has 0 aliphatic carbocycles. The molecule has 0 aliphatic heterocycles. The van der Waals surface area contributed by atoms with Crippen molar-refractivity contribution >= 4 is 10.9 Å². The van der Waals surface area contributed by atoms with Gasteiger partial charge in [0.2, 0.25) is 0 Å². The van der Waals surface area contributed by atoms with Gasteiger partial charge in [0, 0.05) is 18.5 Å². The Bertz CT molecular complexity index is 686. The fraction of sp³-hybridized carbons (Fsp3) is 0.133. The van der Waals surface area contributed by atoms with Gasteiger partial charge in [-0.15, -0.1) is 0 Å². The molecule has 3 rings (SSSR count). The van der Waals surface area contributed by atoms with Crippen LogP contribution in [0.2, 0.25) is 0 Å². The Morgan fingerprint density at radius 1 is 1.11 bits per heavy atom. The summed E-state index contributed by atoms with van der Waals surface area (Å²) >= 11 is 0. The van der Waals surface area contributed by atoms with E-state index >= 15 is 0 Å². The Balaban J connectivity index is 2.34. The number of ether oxygens (including phenoxy) is 1. The lowest BCUT2D eigenvalue weighted by Gasteiger charge is -2.07. The van der Waals surface area contributed by atoms with E-state index in [9.17, 15) is 0 Å². The number of aromatic nitrogens is 2. The smallest absolute Gasteiger partial charge is 0.121 e. The average molecular weight is 238 g/mol. The summed E-state index contributed by atoms with van der Waals surface area (Å²) in [6, 6.07) is 14.4. The molecule has 18 heavy (non-hydrogen) atoms. The number of methoxy groups -OCH3 is 1. The Hall–Kier alpha value is -2.29. The van der Waals surface area contributed by atoms with Crippen LogP contribution in [0.15, 0.2) is 48.7 Å². The Morgan fingerprint density at radius 2 is 1.89 bits per heavy atom. The van der Waals surface area contributed by atoms with Gasteiger partial charge in [0.15, 0.2) is 0 Å². The Morgan fingerprint density at radius 3 is 2.61 bits per heavy atom. The summed E-state index contributed by atoms with van der Waals surface area (Å²) in [6.45, 7) is 0. The number of hydrogen-bond donors (Lipinski definition) is 0. The summed E-state index contributed by atoms with van der Waals surface area (Å²) in [5.74, 6) is 0.852. The first-order chi connectivity index (χ1) is 8.79. The van der Waals surface area contributed by atoms with Crippen LogP contribution in [0.4, 0.5) is 0 Å². The first-order valence-electron chi connectivity index (χ1n) is 5.85. The molecule has 0 atom stereocenters. The molecule has 3 nitrogen and oxygen atoms in total. The van der Waals surface area contributed by atoms with Crippen molar-refractivity contribution in [3.05, 3.63) is 48.7 Å². The first-order valence-corrected chi connectivity index (χ1v) is 5.85. The monoisotopic (exact) mass is 238 g/mol. The van der Waals surface area contributed by atoms with Crippen LogP contribution in [0, 0.1) is 0 Å². The predicted octanol–water partition coefficient (Wildman–Crippen LogP) is 3.25. The SMILES string of the molecule is COc1cc(-c2ccccc2)c2cnn(C)c2c1. The highest BCUT2D eigenvalue weighted by Gasteiger charge is 2.09. The molecular weight excluding hydrogens is 224 g/mol. The zero-order chi connectivity index (χ0) is 12.5. The summed E-state index contributed by atoms with van der Waals surface area (Å²) in [5, 5.41) is 5.46. The minimum atomic E-state index is 0.852. The normalized spacial score (nSPS) is 10.8. The molecule has 0 bridgehead atoms. The topological polar surface area (TPSA) is 27.1 Å². The molecular formula is C15H14N2O. The summed E-state index contributed by atoms with van der Waals surface area (Å²) in [6.07, 6.45) is 1.90. The fourth-order valence-electron chi connectivity index (χ4n) is 2.20. The summed E-state index contributed by atoms with van der Waals surface area (Å²) in [5.41, 5.74) is 3.40. The number of aryl methyl sites for hydroxylation is 1. The largest absolute Gasteiger partial charge is 0.497 e. The maximum Gasteiger partial charge on any atom is 0.121 e. The van der Waals surface area contributed by atoms with Gasteiger partial charge in [-0.1, -0.05) is 30.3 Å². The van der Waals surface area contributed by atoms with Crippen molar-refractivity contribution in [3.8, 4) is 16.9 Å². The Labute approximate surface area is 106 Å². The molecule has 0 radical (unpaired) electrons. The number of rotatable bonds is 2. The lowest BCUT2D eigenvalue weighted by Crippen LogP contribution is -1.91. The molecule has 90 valence electrons. The van der Waals surface area contributed by atoms with E-state index in [1.54, 1.807) is 7.11 Å². The van der Waals surface area contributed by atoms with Crippen molar-refractivity contribution in [2.45, 2.75) is 0 Å². The summed E-state index contributed by atoms with van der Waals surface area (Å²) in [7, 11) is 3.63. The highest BCUT2D eigenvalue weighted by atomic mass is 16.5. The standard InChI is InChI=1S/C15H14N2O/c1-17-15-9-12(18-2)8-13(14(15)10-16-17)11-6-4-3-5-7-11/h3-10H,1-2H3. The maximum atomic E-state index is 5.37. The average Bonchev–Trinajstić information content (AvgIpc) is 2.80. The van der Waals surface area contributed by atoms with Crippen LogP contribution in [0.1, 0.15) is 0 Å². The maximum absolute atomic E-state index is 5.37. The van der Waals surface area contributed by atoms with Crippen molar-refractivity contribution in [2.24, 2.45) is 7.05 Å². The van der Waals surface area contributed by atoms with Gasteiger partial charge in [0.25, 0.3) is 0 Å². The van der Waals surface area contributed by atoms with Gasteiger partial charge >= 0.3 is 0 Å². The first kappa shape index (κ1) is 10.8. The lowest BCUT2D eigenvalue weighted by atomic mass is 10.0. The molecule has 3 heteroatoms. The van der Waals surface area contributed by atoms with Crippen LogP contribution in [0.3, 0.4) is 0 Å². The number of fused-ring (bicyclic) bond motifs is 1. The lowest BCUT2D eigenvalue weighted by molar-refractivity contribution is 0.415. The second-order valence-electron chi connectivity index (χ2n) is 4.24. The zero-order valence-corrected chi connectivity index (χ0v) is 10.4. The summed E-state index contributed by atoms with van der Waals surface area (Å²) < 4.78 is 7.23. The molecule has 0 saturated carbocycles. The zero-order valence-electron chi connectivity index (χ0n) is 10.4. The quantitative estimate of drug-likeness (QED) is 0.685. The molecule has 0 saturated heterocycles. The minimum Gasteiger partial charge on any atom is -0.497 e. The van der Waals surface area contributed by atoms with Crippen LogP contribution in [-0.4, -0.2) is 16.9 Å². The van der Waals surface area contributed by atoms with E-state index in [-0.39, 0.29) is 0 Å². The Kier molecular flexibility index (Phi) is 2.52. The van der Waals surface area contributed by atoms with Crippen LogP contribution in [0.25, 0.3) is 22.0 Å². The van der Waals surface area contributed by atoms with Crippen molar-refractivity contribution in [3.63, 3.8) is 0 Å². The van der Waals surface area contributed by atoms with Gasteiger partial charge in [-0.05, 0) is 17.2 Å². The van der Waals surface area contributed by atoms with Gasteiger partial charge in [-0.2, -0.15) is 5.10 Å². The molecule has 0 amide bonds. The van der Waals surface area contributed by atoms with Gasteiger partial charge in [0.1, 0.15) is 5.75 Å². The van der Waals surface area contributed by atoms with Crippen LogP contribution in [-0.2, 0) is 7.05 Å². The second-order valence-corrected chi connectivity index (χ2v) is 4.24. The molecule has 0 aliphatic rings. The van der Waals surface area contributed by atoms with E-state index in [0.717, 1.165) is 22.2 Å². The van der Waals surface area contributed by atoms with Crippen LogP contribution < -0.4 is 4.74 Å². The fourth-order valence-corrected chi connectivity index (χ4v) is 2.20. The van der Waals surface area contributed by atoms with Crippen molar-refractivity contribution in [2.75, 3.05) is 7.11 Å². The molecule has 2 aromatic carbocycles. The third-order valence-electron chi connectivity index (χ3n) is 3.16. The van der Waals surface area contributed by atoms with Gasteiger partial charge < -0.3 is 4.74 Å². The molecule has 0 unspecified atom stereocenters. The van der Waals surface area contributed by atoms with Gasteiger partial charge in [0.05, 0.1) is 18.8 Å². The molecule has 0 fully saturated rings. The van der Waals surface area contributed by atoms with E-state index < -0.39 is 0 Å². The van der Waals surface area contributed by atoms with Crippen LogP contribution in [0.5, 0.6) is 5.75 Å². The molecule has 1 heterocycles. The number of hydrogen-bond acceptors (Lipinski definition) is 2. The molecule has 0 N–H and O–H groups in total. The predicted molar refractivity (Wildman–Crippen MR) is 72.7 cm³/mol. The third kappa shape index (κ3) is 1.64. The van der Waals surface area contributed by atoms with E-state index in [1.807, 2.05) is 42.2 Å². The van der Waals surface area contributed by atoms with E-state index in [2.05, 4.69) is 23.3 Å². The molecule has 0 spiro atoms.